The molecule has 0 bridgehead atoms. The molecule has 1 saturated carbocycles. The van der Waals surface area contributed by atoms with Crippen molar-refractivity contribution in [3.63, 3.8) is 0 Å². The van der Waals surface area contributed by atoms with Crippen LogP contribution in [-0.4, -0.2) is 34.2 Å². The highest BCUT2D eigenvalue weighted by Crippen LogP contribution is 2.43. The van der Waals surface area contributed by atoms with Gasteiger partial charge in [0.1, 0.15) is 0 Å². The summed E-state index contributed by atoms with van der Waals surface area (Å²) in [6, 6.07) is 0.468. The fraction of sp³-hybridized carbons (Fsp3) is 0.846. The monoisotopic (exact) mass is 250 g/mol. The quantitative estimate of drug-likeness (QED) is 0.886. The van der Waals surface area contributed by atoms with E-state index in [1.165, 1.54) is 25.7 Å². The molecule has 0 amide bonds. The van der Waals surface area contributed by atoms with Crippen molar-refractivity contribution in [1.29, 1.82) is 0 Å². The Labute approximate surface area is 108 Å². The van der Waals surface area contributed by atoms with Crippen molar-refractivity contribution in [1.82, 2.24) is 20.3 Å². The summed E-state index contributed by atoms with van der Waals surface area (Å²) in [7, 11) is 1.93. The molecule has 1 unspecified atom stereocenters. The standard InChI is InChI=1S/C13H22N4O/c1-14-9-11-10-17(16-15-11)12-4-7-18-13(8-12)5-2-3-6-13/h10,12,14H,2-9H2,1H3. The summed E-state index contributed by atoms with van der Waals surface area (Å²) in [6.07, 6.45) is 9.32. The third-order valence-electron chi connectivity index (χ3n) is 4.27. The molecule has 3 rings (SSSR count). The molecule has 0 aromatic carbocycles. The molecule has 100 valence electrons. The van der Waals surface area contributed by atoms with Crippen molar-refractivity contribution in [2.24, 2.45) is 0 Å². The molecule has 1 aromatic rings. The van der Waals surface area contributed by atoms with Crippen LogP contribution in [0, 0.1) is 0 Å². The van der Waals surface area contributed by atoms with Crippen molar-refractivity contribution in [3.05, 3.63) is 11.9 Å². The first-order valence-electron chi connectivity index (χ1n) is 7.01. The third kappa shape index (κ3) is 2.29. The number of hydrogen-bond donors (Lipinski definition) is 1. The lowest BCUT2D eigenvalue weighted by atomic mass is 9.89. The molecule has 18 heavy (non-hydrogen) atoms. The Morgan fingerprint density at radius 1 is 1.50 bits per heavy atom. The SMILES string of the molecule is CNCc1cn(C2CCOC3(CCCC3)C2)nn1. The lowest BCUT2D eigenvalue weighted by Gasteiger charge is -2.38. The molecule has 5 heteroatoms. The lowest BCUT2D eigenvalue weighted by Crippen LogP contribution is -2.38. The van der Waals surface area contributed by atoms with E-state index in [4.69, 9.17) is 4.74 Å². The molecular weight excluding hydrogens is 228 g/mol. The predicted octanol–water partition coefficient (Wildman–Crippen LogP) is 1.66. The predicted molar refractivity (Wildman–Crippen MR) is 68.2 cm³/mol. The normalized spacial score (nSPS) is 26.8. The number of hydrogen-bond acceptors (Lipinski definition) is 4. The summed E-state index contributed by atoms with van der Waals surface area (Å²) < 4.78 is 8.11. The Morgan fingerprint density at radius 2 is 2.33 bits per heavy atom. The third-order valence-corrected chi connectivity index (χ3v) is 4.27. The van der Waals surface area contributed by atoms with Crippen LogP contribution in [0.15, 0.2) is 6.20 Å². The van der Waals surface area contributed by atoms with E-state index in [-0.39, 0.29) is 5.60 Å². The lowest BCUT2D eigenvalue weighted by molar-refractivity contribution is -0.0911. The minimum Gasteiger partial charge on any atom is -0.375 e. The largest absolute Gasteiger partial charge is 0.375 e. The molecule has 1 spiro atoms. The van der Waals surface area contributed by atoms with Crippen molar-refractivity contribution in [2.45, 2.75) is 56.7 Å². The van der Waals surface area contributed by atoms with E-state index in [0.29, 0.717) is 6.04 Å². The van der Waals surface area contributed by atoms with Crippen molar-refractivity contribution < 1.29 is 4.74 Å². The topological polar surface area (TPSA) is 52.0 Å². The van der Waals surface area contributed by atoms with E-state index < -0.39 is 0 Å². The van der Waals surface area contributed by atoms with Gasteiger partial charge in [0.15, 0.2) is 0 Å². The minimum atomic E-state index is 0.151. The van der Waals surface area contributed by atoms with Crippen molar-refractivity contribution >= 4 is 0 Å². The first kappa shape index (κ1) is 12.1. The van der Waals surface area contributed by atoms with Crippen LogP contribution in [0.25, 0.3) is 0 Å². The molecule has 1 atom stereocenters. The average Bonchev–Trinajstić information content (AvgIpc) is 3.00. The van der Waals surface area contributed by atoms with Gasteiger partial charge in [-0.15, -0.1) is 5.10 Å². The van der Waals surface area contributed by atoms with Crippen LogP contribution in [0.3, 0.4) is 0 Å². The minimum absolute atomic E-state index is 0.151. The van der Waals surface area contributed by atoms with Crippen molar-refractivity contribution in [2.75, 3.05) is 13.7 Å². The summed E-state index contributed by atoms with van der Waals surface area (Å²) in [4.78, 5) is 0. The highest BCUT2D eigenvalue weighted by atomic mass is 16.5. The zero-order valence-corrected chi connectivity index (χ0v) is 11.1. The maximum atomic E-state index is 6.06. The number of ether oxygens (including phenoxy) is 1. The maximum Gasteiger partial charge on any atom is 0.0964 e. The molecule has 1 aliphatic carbocycles. The van der Waals surface area contributed by atoms with Crippen LogP contribution >= 0.6 is 0 Å². The molecule has 0 radical (unpaired) electrons. The first-order chi connectivity index (χ1) is 8.81. The van der Waals surface area contributed by atoms with Gasteiger partial charge in [-0.05, 0) is 32.7 Å². The van der Waals surface area contributed by atoms with Crippen LogP contribution in [-0.2, 0) is 11.3 Å². The zero-order chi connectivity index (χ0) is 12.4. The number of rotatable bonds is 3. The van der Waals surface area contributed by atoms with Gasteiger partial charge in [-0.3, -0.25) is 0 Å². The van der Waals surface area contributed by atoms with Crippen molar-refractivity contribution in [3.8, 4) is 0 Å². The van der Waals surface area contributed by atoms with Gasteiger partial charge in [0.25, 0.3) is 0 Å². The molecular formula is C13H22N4O. The molecule has 1 saturated heterocycles. The smallest absolute Gasteiger partial charge is 0.0964 e. The van der Waals surface area contributed by atoms with Gasteiger partial charge >= 0.3 is 0 Å². The fourth-order valence-corrected chi connectivity index (χ4v) is 3.35. The van der Waals surface area contributed by atoms with Crippen LogP contribution in [0.1, 0.15) is 50.3 Å². The van der Waals surface area contributed by atoms with Gasteiger partial charge in [-0.2, -0.15) is 0 Å². The van der Waals surface area contributed by atoms with E-state index in [2.05, 4.69) is 26.5 Å². The molecule has 2 heterocycles. The average molecular weight is 250 g/mol. The van der Waals surface area contributed by atoms with E-state index >= 15 is 0 Å². The Kier molecular flexibility index (Phi) is 3.35. The first-order valence-corrected chi connectivity index (χ1v) is 7.01. The second-order valence-electron chi connectivity index (χ2n) is 5.61. The second-order valence-corrected chi connectivity index (χ2v) is 5.61. The number of aromatic nitrogens is 3. The van der Waals surface area contributed by atoms with E-state index in [1.807, 2.05) is 7.05 Å². The van der Waals surface area contributed by atoms with Gasteiger partial charge in [-0.1, -0.05) is 18.1 Å². The zero-order valence-electron chi connectivity index (χ0n) is 11.1. The molecule has 1 aliphatic heterocycles. The van der Waals surface area contributed by atoms with Gasteiger partial charge < -0.3 is 10.1 Å². The van der Waals surface area contributed by atoms with E-state index in [1.54, 1.807) is 0 Å². The Morgan fingerprint density at radius 3 is 3.11 bits per heavy atom. The van der Waals surface area contributed by atoms with Gasteiger partial charge in [0, 0.05) is 13.2 Å². The molecule has 1 N–H and O–H groups in total. The fourth-order valence-electron chi connectivity index (χ4n) is 3.35. The van der Waals surface area contributed by atoms with Crippen LogP contribution in [0.5, 0.6) is 0 Å². The van der Waals surface area contributed by atoms with Crippen LogP contribution < -0.4 is 5.32 Å². The van der Waals surface area contributed by atoms with Gasteiger partial charge in [-0.25, -0.2) is 4.68 Å². The Balaban J connectivity index is 1.71. The molecule has 1 aromatic heterocycles. The summed E-state index contributed by atoms with van der Waals surface area (Å²) in [5.41, 5.74) is 1.17. The molecule has 2 fully saturated rings. The van der Waals surface area contributed by atoms with Gasteiger partial charge in [0.2, 0.25) is 0 Å². The van der Waals surface area contributed by atoms with Crippen LogP contribution in [0.4, 0.5) is 0 Å². The summed E-state index contributed by atoms with van der Waals surface area (Å²) in [6.45, 7) is 1.65. The van der Waals surface area contributed by atoms with Gasteiger partial charge in [0.05, 0.1) is 23.5 Å². The Hall–Kier alpha value is -0.940. The van der Waals surface area contributed by atoms with E-state index in [0.717, 1.165) is 31.7 Å². The highest BCUT2D eigenvalue weighted by Gasteiger charge is 2.40. The van der Waals surface area contributed by atoms with E-state index in [9.17, 15) is 0 Å². The maximum absolute atomic E-state index is 6.06. The Bertz CT molecular complexity index is 397. The molecule has 2 aliphatic rings. The van der Waals surface area contributed by atoms with Crippen LogP contribution in [0.2, 0.25) is 0 Å². The second kappa shape index (κ2) is 4.97. The summed E-state index contributed by atoms with van der Waals surface area (Å²) >= 11 is 0. The molecule has 5 nitrogen and oxygen atoms in total. The summed E-state index contributed by atoms with van der Waals surface area (Å²) in [5.74, 6) is 0. The number of nitrogens with one attached hydrogen (secondary N) is 1. The summed E-state index contributed by atoms with van der Waals surface area (Å²) in [5, 5.41) is 11.6. The highest BCUT2D eigenvalue weighted by molar-refractivity contribution is 4.97. The number of nitrogens with zero attached hydrogens (tertiary/aromatic N) is 3.